The molecule has 3 heterocycles. The normalized spacial score (nSPS) is 19.1. The van der Waals surface area contributed by atoms with Crippen molar-refractivity contribution in [3.05, 3.63) is 15.5 Å². The molecule has 1 aliphatic heterocycles. The van der Waals surface area contributed by atoms with Crippen molar-refractivity contribution in [2.75, 3.05) is 6.61 Å². The third kappa shape index (κ3) is 2.63. The van der Waals surface area contributed by atoms with E-state index in [1.807, 2.05) is 0 Å². The third-order valence-corrected chi connectivity index (χ3v) is 4.51. The Bertz CT molecular complexity index is 609. The van der Waals surface area contributed by atoms with Crippen LogP contribution in [0, 0.1) is 4.77 Å². The van der Waals surface area contributed by atoms with Gasteiger partial charge < -0.3 is 4.74 Å². The smallest absolute Gasteiger partial charge is 0.213 e. The molecule has 1 fully saturated rings. The van der Waals surface area contributed by atoms with E-state index < -0.39 is 0 Å². The van der Waals surface area contributed by atoms with Gasteiger partial charge in [-0.2, -0.15) is 4.98 Å². The van der Waals surface area contributed by atoms with Gasteiger partial charge in [0, 0.05) is 6.61 Å². The van der Waals surface area contributed by atoms with Gasteiger partial charge in [-0.05, 0) is 31.5 Å². The zero-order valence-electron chi connectivity index (χ0n) is 10.7. The van der Waals surface area contributed by atoms with E-state index in [-0.39, 0.29) is 6.10 Å². The van der Waals surface area contributed by atoms with E-state index in [9.17, 15) is 0 Å². The van der Waals surface area contributed by atoms with Crippen molar-refractivity contribution in [2.24, 2.45) is 0 Å². The number of H-pyrrole nitrogens is 2. The summed E-state index contributed by atoms with van der Waals surface area (Å²) in [5, 5.41) is 6.92. The second kappa shape index (κ2) is 5.52. The van der Waals surface area contributed by atoms with Gasteiger partial charge in [-0.25, -0.2) is 4.98 Å². The fourth-order valence-corrected chi connectivity index (χ4v) is 3.53. The number of hydrogen-bond acceptors (Lipinski definition) is 5. The van der Waals surface area contributed by atoms with Crippen molar-refractivity contribution in [1.82, 2.24) is 20.2 Å². The molecule has 0 spiro atoms. The minimum absolute atomic E-state index is 0.163. The Morgan fingerprint density at radius 3 is 2.95 bits per heavy atom. The van der Waals surface area contributed by atoms with Gasteiger partial charge >= 0.3 is 0 Å². The van der Waals surface area contributed by atoms with E-state index in [2.05, 4.69) is 22.1 Å². The molecule has 1 atom stereocenters. The standard InChI is InChI=1S/C12H16N4OS2/c1-2-4-7-9(10-14-12(18)16-15-10)19-11(13-7)8-5-3-6-17-8/h8H,2-6H2,1H3,(H2,14,15,16,18). The number of ether oxygens (including phenoxy) is 1. The van der Waals surface area contributed by atoms with Gasteiger partial charge in [0.15, 0.2) is 5.82 Å². The SMILES string of the molecule is CCCc1nc(C2CCCO2)sc1-c1nc(=S)[nH][nH]1. The Kier molecular flexibility index (Phi) is 3.76. The second-order valence-corrected chi connectivity index (χ2v) is 6.01. The molecule has 0 amide bonds. The van der Waals surface area contributed by atoms with Crippen molar-refractivity contribution in [1.29, 1.82) is 0 Å². The molecular weight excluding hydrogens is 280 g/mol. The lowest BCUT2D eigenvalue weighted by Crippen LogP contribution is -1.95. The number of aryl methyl sites for hydroxylation is 1. The quantitative estimate of drug-likeness (QED) is 0.849. The first-order valence-corrected chi connectivity index (χ1v) is 7.76. The van der Waals surface area contributed by atoms with Gasteiger partial charge in [0.1, 0.15) is 11.1 Å². The third-order valence-electron chi connectivity index (χ3n) is 3.12. The monoisotopic (exact) mass is 296 g/mol. The average Bonchev–Trinajstić information content (AvgIpc) is 3.08. The summed E-state index contributed by atoms with van der Waals surface area (Å²) in [6.45, 7) is 3.00. The molecule has 5 nitrogen and oxygen atoms in total. The van der Waals surface area contributed by atoms with Crippen LogP contribution in [-0.4, -0.2) is 26.8 Å². The molecule has 2 N–H and O–H groups in total. The van der Waals surface area contributed by atoms with Crippen LogP contribution in [-0.2, 0) is 11.2 Å². The van der Waals surface area contributed by atoms with Crippen molar-refractivity contribution < 1.29 is 4.74 Å². The topological polar surface area (TPSA) is 66.6 Å². The van der Waals surface area contributed by atoms with Gasteiger partial charge in [0.25, 0.3) is 0 Å². The Morgan fingerprint density at radius 1 is 1.42 bits per heavy atom. The van der Waals surface area contributed by atoms with Crippen molar-refractivity contribution in [3.63, 3.8) is 0 Å². The maximum absolute atomic E-state index is 5.72. The van der Waals surface area contributed by atoms with Gasteiger partial charge in [-0.15, -0.1) is 11.3 Å². The van der Waals surface area contributed by atoms with E-state index >= 15 is 0 Å². The highest BCUT2D eigenvalue weighted by Gasteiger charge is 2.24. The van der Waals surface area contributed by atoms with Crippen LogP contribution in [0.15, 0.2) is 0 Å². The zero-order chi connectivity index (χ0) is 13.2. The van der Waals surface area contributed by atoms with Gasteiger partial charge in [-0.3, -0.25) is 10.2 Å². The molecule has 0 aliphatic carbocycles. The van der Waals surface area contributed by atoms with Crippen molar-refractivity contribution in [3.8, 4) is 10.7 Å². The molecule has 0 saturated carbocycles. The Labute approximate surface area is 120 Å². The van der Waals surface area contributed by atoms with Crippen molar-refractivity contribution >= 4 is 23.6 Å². The molecule has 2 aromatic rings. The molecule has 1 unspecified atom stereocenters. The Balaban J connectivity index is 1.98. The summed E-state index contributed by atoms with van der Waals surface area (Å²) in [4.78, 5) is 10.1. The van der Waals surface area contributed by atoms with Crippen LogP contribution in [0.3, 0.4) is 0 Å². The molecule has 1 aliphatic rings. The Morgan fingerprint density at radius 2 is 2.32 bits per heavy atom. The molecule has 19 heavy (non-hydrogen) atoms. The first-order chi connectivity index (χ1) is 9.28. The maximum Gasteiger partial charge on any atom is 0.213 e. The molecule has 0 radical (unpaired) electrons. The summed E-state index contributed by atoms with van der Waals surface area (Å²) in [6, 6.07) is 0. The molecule has 0 bridgehead atoms. The predicted molar refractivity (Wildman–Crippen MR) is 76.8 cm³/mol. The number of nitrogens with zero attached hydrogens (tertiary/aromatic N) is 2. The lowest BCUT2D eigenvalue weighted by atomic mass is 10.2. The summed E-state index contributed by atoms with van der Waals surface area (Å²) in [6.07, 6.45) is 4.36. The number of nitrogens with one attached hydrogen (secondary N) is 2. The minimum Gasteiger partial charge on any atom is -0.371 e. The highest BCUT2D eigenvalue weighted by atomic mass is 32.1. The number of hydrogen-bond donors (Lipinski definition) is 2. The van der Waals surface area contributed by atoms with E-state index in [4.69, 9.17) is 21.9 Å². The highest BCUT2D eigenvalue weighted by molar-refractivity contribution is 7.71. The lowest BCUT2D eigenvalue weighted by molar-refractivity contribution is 0.111. The van der Waals surface area contributed by atoms with Gasteiger partial charge in [-0.1, -0.05) is 13.3 Å². The minimum atomic E-state index is 0.163. The number of aromatic nitrogens is 4. The first kappa shape index (κ1) is 13.0. The largest absolute Gasteiger partial charge is 0.371 e. The summed E-state index contributed by atoms with van der Waals surface area (Å²) >= 11 is 6.68. The van der Waals surface area contributed by atoms with Crippen LogP contribution in [0.5, 0.6) is 0 Å². The first-order valence-electron chi connectivity index (χ1n) is 6.54. The van der Waals surface area contributed by atoms with Crippen LogP contribution in [0.2, 0.25) is 0 Å². The fourth-order valence-electron chi connectivity index (χ4n) is 2.25. The summed E-state index contributed by atoms with van der Waals surface area (Å²) in [5.74, 6) is 0.787. The molecular formula is C12H16N4OS2. The molecule has 2 aromatic heterocycles. The number of thiazole rings is 1. The molecule has 0 aromatic carbocycles. The molecule has 1 saturated heterocycles. The summed E-state index contributed by atoms with van der Waals surface area (Å²) < 4.78 is 6.19. The fraction of sp³-hybridized carbons (Fsp3) is 0.583. The van der Waals surface area contributed by atoms with Crippen molar-refractivity contribution in [2.45, 2.75) is 38.7 Å². The van der Waals surface area contributed by atoms with E-state index in [1.54, 1.807) is 11.3 Å². The second-order valence-electron chi connectivity index (χ2n) is 4.60. The zero-order valence-corrected chi connectivity index (χ0v) is 12.4. The van der Waals surface area contributed by atoms with Gasteiger partial charge in [0.05, 0.1) is 10.6 Å². The average molecular weight is 296 g/mol. The van der Waals surface area contributed by atoms with Crippen LogP contribution >= 0.6 is 23.6 Å². The van der Waals surface area contributed by atoms with E-state index in [1.165, 1.54) is 0 Å². The maximum atomic E-state index is 5.72. The van der Waals surface area contributed by atoms with Crippen LogP contribution in [0.1, 0.15) is 43.0 Å². The Hall–Kier alpha value is -1.05. The number of rotatable bonds is 4. The summed E-state index contributed by atoms with van der Waals surface area (Å²) in [7, 11) is 0. The highest BCUT2D eigenvalue weighted by Crippen LogP contribution is 2.36. The van der Waals surface area contributed by atoms with Crippen LogP contribution < -0.4 is 0 Å². The molecule has 3 rings (SSSR count). The van der Waals surface area contributed by atoms with E-state index in [0.717, 1.165) is 53.7 Å². The predicted octanol–water partition coefficient (Wildman–Crippen LogP) is 3.39. The van der Waals surface area contributed by atoms with E-state index in [0.29, 0.717) is 4.77 Å². The van der Waals surface area contributed by atoms with Crippen LogP contribution in [0.25, 0.3) is 10.7 Å². The lowest BCUT2D eigenvalue weighted by Gasteiger charge is -2.03. The van der Waals surface area contributed by atoms with Crippen LogP contribution in [0.4, 0.5) is 0 Å². The molecule has 102 valence electrons. The van der Waals surface area contributed by atoms with Gasteiger partial charge in [0.2, 0.25) is 4.77 Å². The number of aromatic amines is 2. The summed E-state index contributed by atoms with van der Waals surface area (Å²) in [5.41, 5.74) is 1.09. The molecule has 7 heteroatoms.